The number of carbonyl (C=O) groups is 1. The van der Waals surface area contributed by atoms with Crippen molar-refractivity contribution < 1.29 is 9.53 Å². The van der Waals surface area contributed by atoms with Gasteiger partial charge in [0, 0.05) is 6.54 Å². The topological polar surface area (TPSA) is 41.6 Å². The van der Waals surface area contributed by atoms with Crippen LogP contribution in [0.3, 0.4) is 0 Å². The predicted octanol–water partition coefficient (Wildman–Crippen LogP) is 2.87. The third-order valence-electron chi connectivity index (χ3n) is 4.06. The maximum absolute atomic E-state index is 12.3. The van der Waals surface area contributed by atoms with Gasteiger partial charge < -0.3 is 9.64 Å². The molecule has 1 aliphatic rings. The first-order valence-electron chi connectivity index (χ1n) is 7.65. The van der Waals surface area contributed by atoms with E-state index in [9.17, 15) is 4.79 Å². The molecule has 1 aromatic carbocycles. The largest absolute Gasteiger partial charge is 0.496 e. The molecule has 116 valence electrons. The average Bonchev–Trinajstić information content (AvgIpc) is 2.72. The minimum Gasteiger partial charge on any atom is -0.496 e. The first kappa shape index (κ1) is 15.8. The lowest BCUT2D eigenvalue weighted by atomic mass is 10.1. The molecule has 1 aromatic rings. The van der Waals surface area contributed by atoms with Crippen LogP contribution in [0.25, 0.3) is 0 Å². The van der Waals surface area contributed by atoms with Crippen LogP contribution in [0, 0.1) is 12.8 Å². The molecule has 4 nitrogen and oxygen atoms in total. The van der Waals surface area contributed by atoms with Gasteiger partial charge in [-0.1, -0.05) is 19.9 Å². The third-order valence-corrected chi connectivity index (χ3v) is 4.06. The van der Waals surface area contributed by atoms with Crippen LogP contribution in [0.4, 0.5) is 0 Å². The summed E-state index contributed by atoms with van der Waals surface area (Å²) in [6.45, 7) is 9.12. The van der Waals surface area contributed by atoms with E-state index >= 15 is 0 Å². The summed E-state index contributed by atoms with van der Waals surface area (Å²) in [5.41, 5.74) is 2.21. The van der Waals surface area contributed by atoms with Gasteiger partial charge in [0.1, 0.15) is 11.9 Å². The molecule has 2 atom stereocenters. The second kappa shape index (κ2) is 6.48. The van der Waals surface area contributed by atoms with Crippen molar-refractivity contribution >= 4 is 5.91 Å². The Balaban J connectivity index is 2.23. The van der Waals surface area contributed by atoms with E-state index in [2.05, 4.69) is 25.2 Å². The molecule has 0 saturated carbocycles. The van der Waals surface area contributed by atoms with Crippen molar-refractivity contribution in [2.45, 2.75) is 46.3 Å². The van der Waals surface area contributed by atoms with E-state index in [1.165, 1.54) is 0 Å². The standard InChI is InChI=1S/C17H26N2O2/c1-11(2)8-9-19-16(18-13(4)17(19)20)14-6-7-15(21-5)12(3)10-14/h6-7,10-11,13,16,18H,8-9H2,1-5H3. The molecule has 4 heteroatoms. The molecule has 1 amide bonds. The maximum Gasteiger partial charge on any atom is 0.241 e. The summed E-state index contributed by atoms with van der Waals surface area (Å²) in [7, 11) is 1.68. The SMILES string of the molecule is COc1ccc(C2NC(C)C(=O)N2CCC(C)C)cc1C. The molecule has 1 fully saturated rings. The molecule has 0 radical (unpaired) electrons. The lowest BCUT2D eigenvalue weighted by Crippen LogP contribution is -2.32. The summed E-state index contributed by atoms with van der Waals surface area (Å²) in [5, 5.41) is 3.39. The number of ether oxygens (including phenoxy) is 1. The fraction of sp³-hybridized carbons (Fsp3) is 0.588. The van der Waals surface area contributed by atoms with Gasteiger partial charge in [0.15, 0.2) is 0 Å². The van der Waals surface area contributed by atoms with E-state index in [-0.39, 0.29) is 18.1 Å². The molecule has 1 saturated heterocycles. The number of aryl methyl sites for hydroxylation is 1. The van der Waals surface area contributed by atoms with E-state index in [4.69, 9.17) is 4.74 Å². The van der Waals surface area contributed by atoms with Crippen molar-refractivity contribution in [3.8, 4) is 5.75 Å². The normalized spacial score (nSPS) is 22.2. The molecule has 0 aromatic heterocycles. The minimum atomic E-state index is -0.121. The number of nitrogens with one attached hydrogen (secondary N) is 1. The van der Waals surface area contributed by atoms with E-state index < -0.39 is 0 Å². The van der Waals surface area contributed by atoms with Crippen molar-refractivity contribution in [1.82, 2.24) is 10.2 Å². The van der Waals surface area contributed by atoms with E-state index in [0.29, 0.717) is 5.92 Å². The van der Waals surface area contributed by atoms with Gasteiger partial charge in [-0.25, -0.2) is 0 Å². The molecule has 0 aliphatic carbocycles. The highest BCUT2D eigenvalue weighted by atomic mass is 16.5. The average molecular weight is 290 g/mol. The van der Waals surface area contributed by atoms with Crippen LogP contribution < -0.4 is 10.1 Å². The second-order valence-corrected chi connectivity index (χ2v) is 6.23. The van der Waals surface area contributed by atoms with Crippen molar-refractivity contribution in [3.63, 3.8) is 0 Å². The van der Waals surface area contributed by atoms with Crippen LogP contribution in [-0.4, -0.2) is 30.5 Å². The van der Waals surface area contributed by atoms with Gasteiger partial charge in [-0.05, 0) is 49.4 Å². The van der Waals surface area contributed by atoms with Gasteiger partial charge in [0.2, 0.25) is 5.91 Å². The Kier molecular flexibility index (Phi) is 4.88. The Morgan fingerprint density at radius 3 is 2.67 bits per heavy atom. The van der Waals surface area contributed by atoms with Gasteiger partial charge in [-0.15, -0.1) is 0 Å². The van der Waals surface area contributed by atoms with Crippen molar-refractivity contribution in [2.24, 2.45) is 5.92 Å². The number of carbonyl (C=O) groups excluding carboxylic acids is 1. The van der Waals surface area contributed by atoms with E-state index in [0.717, 1.165) is 29.8 Å². The van der Waals surface area contributed by atoms with Crippen LogP contribution >= 0.6 is 0 Å². The zero-order chi connectivity index (χ0) is 15.6. The van der Waals surface area contributed by atoms with Gasteiger partial charge >= 0.3 is 0 Å². The number of methoxy groups -OCH3 is 1. The first-order valence-corrected chi connectivity index (χ1v) is 7.65. The summed E-state index contributed by atoms with van der Waals surface area (Å²) in [6.07, 6.45) is 0.988. The van der Waals surface area contributed by atoms with E-state index in [1.54, 1.807) is 7.11 Å². The highest BCUT2D eigenvalue weighted by Crippen LogP contribution is 2.29. The van der Waals surface area contributed by atoms with Crippen LogP contribution in [0.15, 0.2) is 18.2 Å². The lowest BCUT2D eigenvalue weighted by Gasteiger charge is -2.26. The number of nitrogens with zero attached hydrogens (tertiary/aromatic N) is 1. The Labute approximate surface area is 127 Å². The summed E-state index contributed by atoms with van der Waals surface area (Å²) in [5.74, 6) is 1.66. The lowest BCUT2D eigenvalue weighted by molar-refractivity contribution is -0.130. The molecule has 1 N–H and O–H groups in total. The van der Waals surface area contributed by atoms with Gasteiger partial charge in [-0.2, -0.15) is 0 Å². The Hall–Kier alpha value is -1.55. The zero-order valence-corrected chi connectivity index (χ0v) is 13.6. The van der Waals surface area contributed by atoms with E-state index in [1.807, 2.05) is 30.9 Å². The third kappa shape index (κ3) is 3.38. The monoisotopic (exact) mass is 290 g/mol. The van der Waals surface area contributed by atoms with Crippen LogP contribution in [0.2, 0.25) is 0 Å². The minimum absolute atomic E-state index is 0.0316. The van der Waals surface area contributed by atoms with Gasteiger partial charge in [0.25, 0.3) is 0 Å². The van der Waals surface area contributed by atoms with Crippen molar-refractivity contribution in [1.29, 1.82) is 0 Å². The van der Waals surface area contributed by atoms with Gasteiger partial charge in [-0.3, -0.25) is 10.1 Å². The Bertz CT molecular complexity index is 514. The van der Waals surface area contributed by atoms with Crippen LogP contribution in [0.5, 0.6) is 5.75 Å². The maximum atomic E-state index is 12.3. The molecule has 0 spiro atoms. The smallest absolute Gasteiger partial charge is 0.241 e. The molecule has 1 aliphatic heterocycles. The van der Waals surface area contributed by atoms with Crippen LogP contribution in [0.1, 0.15) is 44.5 Å². The molecular weight excluding hydrogens is 264 g/mol. The zero-order valence-electron chi connectivity index (χ0n) is 13.6. The predicted molar refractivity (Wildman–Crippen MR) is 84.2 cm³/mol. The Morgan fingerprint density at radius 1 is 1.38 bits per heavy atom. The Morgan fingerprint density at radius 2 is 2.10 bits per heavy atom. The number of amides is 1. The highest BCUT2D eigenvalue weighted by Gasteiger charge is 2.36. The molecule has 1 heterocycles. The second-order valence-electron chi connectivity index (χ2n) is 6.23. The number of rotatable bonds is 5. The molecule has 2 rings (SSSR count). The first-order chi connectivity index (χ1) is 9.93. The summed E-state index contributed by atoms with van der Waals surface area (Å²) in [6, 6.07) is 5.99. The highest BCUT2D eigenvalue weighted by molar-refractivity contribution is 5.84. The molecular formula is C17H26N2O2. The molecule has 0 bridgehead atoms. The van der Waals surface area contributed by atoms with Crippen LogP contribution in [-0.2, 0) is 4.79 Å². The fourth-order valence-corrected chi connectivity index (χ4v) is 2.76. The quantitative estimate of drug-likeness (QED) is 0.906. The summed E-state index contributed by atoms with van der Waals surface area (Å²) >= 11 is 0. The number of hydrogen-bond donors (Lipinski definition) is 1. The van der Waals surface area contributed by atoms with Crippen molar-refractivity contribution in [3.05, 3.63) is 29.3 Å². The molecule has 2 unspecified atom stereocenters. The summed E-state index contributed by atoms with van der Waals surface area (Å²) < 4.78 is 5.31. The number of benzene rings is 1. The van der Waals surface area contributed by atoms with Gasteiger partial charge in [0.05, 0.1) is 13.2 Å². The number of hydrogen-bond acceptors (Lipinski definition) is 3. The molecule has 21 heavy (non-hydrogen) atoms. The summed E-state index contributed by atoms with van der Waals surface area (Å²) in [4.78, 5) is 14.3. The fourth-order valence-electron chi connectivity index (χ4n) is 2.76. The van der Waals surface area contributed by atoms with Crippen molar-refractivity contribution in [2.75, 3.05) is 13.7 Å².